The van der Waals surface area contributed by atoms with Gasteiger partial charge in [-0.3, -0.25) is 4.79 Å². The Morgan fingerprint density at radius 2 is 1.73 bits per heavy atom. The van der Waals surface area contributed by atoms with E-state index >= 15 is 0 Å². The third-order valence-corrected chi connectivity index (χ3v) is 3.62. The maximum atomic E-state index is 10.5. The number of carbonyl (C=O) groups excluding carboxylic acids is 1. The molecule has 0 aliphatic heterocycles. The van der Waals surface area contributed by atoms with E-state index in [1.54, 1.807) is 30.2 Å². The number of halogens is 3. The third-order valence-electron chi connectivity index (χ3n) is 2.65. The zero-order valence-corrected chi connectivity index (χ0v) is 14.0. The Morgan fingerprint density at radius 1 is 1.19 bits per heavy atom. The summed E-state index contributed by atoms with van der Waals surface area (Å²) in [5.41, 5.74) is 0.965. The van der Waals surface area contributed by atoms with Crippen LogP contribution >= 0.6 is 11.8 Å². The molecule has 0 unspecified atom stereocenters. The van der Waals surface area contributed by atoms with Crippen molar-refractivity contribution in [2.45, 2.75) is 18.5 Å². The van der Waals surface area contributed by atoms with E-state index in [1.165, 1.54) is 0 Å². The normalized spacial score (nSPS) is 10.6. The first-order chi connectivity index (χ1) is 12.2. The molecular weight excluding hydrogens is 375 g/mol. The van der Waals surface area contributed by atoms with Crippen molar-refractivity contribution in [3.05, 3.63) is 43.0 Å². The SMILES string of the molecule is O=C(O)CCSC[n+]1ccc(-c2ncccn2)cc1.O=C([O-])C(F)(F)F. The first-order valence-corrected chi connectivity index (χ1v) is 8.20. The van der Waals surface area contributed by atoms with Crippen molar-refractivity contribution in [3.8, 4) is 11.4 Å². The smallest absolute Gasteiger partial charge is 0.430 e. The molecule has 2 heterocycles. The molecule has 0 aromatic carbocycles. The lowest BCUT2D eigenvalue weighted by molar-refractivity contribution is -0.675. The lowest BCUT2D eigenvalue weighted by Gasteiger charge is -2.03. The number of aromatic nitrogens is 3. The number of carboxylic acids is 2. The van der Waals surface area contributed by atoms with Crippen molar-refractivity contribution in [2.75, 3.05) is 5.75 Å². The summed E-state index contributed by atoms with van der Waals surface area (Å²) in [4.78, 5) is 27.5. The summed E-state index contributed by atoms with van der Waals surface area (Å²) in [5.74, 6) is -1.70. The summed E-state index contributed by atoms with van der Waals surface area (Å²) in [5, 5.41) is 17.3. The highest BCUT2D eigenvalue weighted by Crippen LogP contribution is 2.12. The van der Waals surface area contributed by atoms with Crippen LogP contribution in [0.1, 0.15) is 6.42 Å². The number of pyridine rings is 1. The van der Waals surface area contributed by atoms with Crippen LogP contribution in [0, 0.1) is 0 Å². The van der Waals surface area contributed by atoms with E-state index in [0.29, 0.717) is 11.6 Å². The van der Waals surface area contributed by atoms with Crippen LogP contribution in [0.4, 0.5) is 13.2 Å². The van der Waals surface area contributed by atoms with E-state index < -0.39 is 18.1 Å². The number of thioether (sulfide) groups is 1. The third kappa shape index (κ3) is 8.42. The molecule has 1 N–H and O–H groups in total. The Balaban J connectivity index is 0.000000412. The van der Waals surface area contributed by atoms with Crippen molar-refractivity contribution in [1.29, 1.82) is 0 Å². The molecule has 0 bridgehead atoms. The minimum atomic E-state index is -5.19. The zero-order chi connectivity index (χ0) is 19.6. The summed E-state index contributed by atoms with van der Waals surface area (Å²) in [6.07, 6.45) is 2.32. The van der Waals surface area contributed by atoms with Gasteiger partial charge in [-0.05, 0) is 6.07 Å². The molecule has 0 spiro atoms. The van der Waals surface area contributed by atoms with Gasteiger partial charge in [0, 0.05) is 35.8 Å². The van der Waals surface area contributed by atoms with E-state index in [1.807, 2.05) is 29.1 Å². The molecule has 0 aliphatic rings. The summed E-state index contributed by atoms with van der Waals surface area (Å²) >= 11 is 1.59. The first kappa shape index (κ1) is 21.4. The van der Waals surface area contributed by atoms with Gasteiger partial charge in [-0.2, -0.15) is 17.7 Å². The second-order valence-electron chi connectivity index (χ2n) is 4.64. The van der Waals surface area contributed by atoms with Gasteiger partial charge in [0.2, 0.25) is 0 Å². The van der Waals surface area contributed by atoms with Crippen LogP contribution in [-0.4, -0.2) is 38.9 Å². The minimum Gasteiger partial charge on any atom is -0.542 e. The molecule has 0 saturated carbocycles. The van der Waals surface area contributed by atoms with Gasteiger partial charge in [-0.1, -0.05) is 11.8 Å². The molecule has 7 nitrogen and oxygen atoms in total. The highest BCUT2D eigenvalue weighted by Gasteiger charge is 2.28. The molecule has 0 atom stereocenters. The van der Waals surface area contributed by atoms with Crippen molar-refractivity contribution in [2.24, 2.45) is 0 Å². The van der Waals surface area contributed by atoms with Crippen LogP contribution in [0.2, 0.25) is 0 Å². The number of carboxylic acid groups (broad SMARTS) is 2. The Hall–Kier alpha value is -2.69. The van der Waals surface area contributed by atoms with Crippen LogP contribution in [-0.2, 0) is 15.5 Å². The summed E-state index contributed by atoms with van der Waals surface area (Å²) < 4.78 is 33.5. The van der Waals surface area contributed by atoms with Gasteiger partial charge in [0.15, 0.2) is 24.1 Å². The van der Waals surface area contributed by atoms with E-state index in [4.69, 9.17) is 15.0 Å². The fourth-order valence-corrected chi connectivity index (χ4v) is 2.30. The van der Waals surface area contributed by atoms with Gasteiger partial charge in [-0.15, -0.1) is 0 Å². The molecule has 26 heavy (non-hydrogen) atoms. The lowest BCUT2D eigenvalue weighted by atomic mass is 10.2. The predicted molar refractivity (Wildman–Crippen MR) is 83.4 cm³/mol. The average molecular weight is 389 g/mol. The molecular formula is C15H14F3N3O4S. The maximum absolute atomic E-state index is 10.5. The topological polar surface area (TPSA) is 107 Å². The molecule has 0 radical (unpaired) electrons. The van der Waals surface area contributed by atoms with E-state index in [9.17, 15) is 18.0 Å². The largest absolute Gasteiger partial charge is 0.542 e. The van der Waals surface area contributed by atoms with Gasteiger partial charge in [0.25, 0.3) is 0 Å². The molecule has 0 saturated heterocycles. The number of hydrogen-bond acceptors (Lipinski definition) is 6. The summed E-state index contributed by atoms with van der Waals surface area (Å²) in [6, 6.07) is 5.69. The van der Waals surface area contributed by atoms with Crippen molar-refractivity contribution in [3.63, 3.8) is 0 Å². The van der Waals surface area contributed by atoms with Crippen molar-refractivity contribution in [1.82, 2.24) is 9.97 Å². The first-order valence-electron chi connectivity index (χ1n) is 7.04. The molecule has 2 aromatic heterocycles. The van der Waals surface area contributed by atoms with E-state index in [-0.39, 0.29) is 6.42 Å². The number of aliphatic carboxylic acids is 2. The Kier molecular flexibility index (Phi) is 8.49. The monoisotopic (exact) mass is 389 g/mol. The van der Waals surface area contributed by atoms with Crippen LogP contribution in [0.25, 0.3) is 11.4 Å². The van der Waals surface area contributed by atoms with Crippen LogP contribution in [0.5, 0.6) is 0 Å². The van der Waals surface area contributed by atoms with E-state index in [0.717, 1.165) is 11.4 Å². The van der Waals surface area contributed by atoms with Gasteiger partial charge in [0.1, 0.15) is 5.97 Å². The van der Waals surface area contributed by atoms with Gasteiger partial charge in [-0.25, -0.2) is 9.97 Å². The number of alkyl halides is 3. The predicted octanol–water partition coefficient (Wildman–Crippen LogP) is 0.895. The van der Waals surface area contributed by atoms with Gasteiger partial charge in [0.05, 0.1) is 6.42 Å². The molecule has 140 valence electrons. The molecule has 2 rings (SSSR count). The number of carbonyl (C=O) groups is 2. The fraction of sp³-hybridized carbons (Fsp3) is 0.267. The minimum absolute atomic E-state index is 0.196. The second-order valence-corrected chi connectivity index (χ2v) is 5.71. The van der Waals surface area contributed by atoms with Crippen molar-refractivity contribution >= 4 is 23.7 Å². The Morgan fingerprint density at radius 3 is 2.19 bits per heavy atom. The second kappa shape index (κ2) is 10.3. The van der Waals surface area contributed by atoms with Gasteiger partial charge >= 0.3 is 12.1 Å². The molecule has 2 aromatic rings. The van der Waals surface area contributed by atoms with Gasteiger partial charge < -0.3 is 15.0 Å². The zero-order valence-electron chi connectivity index (χ0n) is 13.2. The average Bonchev–Trinajstić information content (AvgIpc) is 2.59. The number of nitrogens with zero attached hydrogens (tertiary/aromatic N) is 3. The lowest BCUT2D eigenvalue weighted by Crippen LogP contribution is -2.37. The molecule has 0 aliphatic carbocycles. The highest BCUT2D eigenvalue weighted by atomic mass is 32.2. The van der Waals surface area contributed by atoms with Crippen LogP contribution < -0.4 is 9.67 Å². The Bertz CT molecular complexity index is 712. The molecule has 0 amide bonds. The molecule has 11 heteroatoms. The van der Waals surface area contributed by atoms with Crippen LogP contribution in [0.15, 0.2) is 43.0 Å². The Labute approximate surface area is 150 Å². The maximum Gasteiger partial charge on any atom is 0.430 e. The molecule has 0 fully saturated rings. The fourth-order valence-electron chi connectivity index (χ4n) is 1.47. The quantitative estimate of drug-likeness (QED) is 0.578. The summed E-state index contributed by atoms with van der Waals surface area (Å²) in [7, 11) is 0. The van der Waals surface area contributed by atoms with E-state index in [2.05, 4.69) is 9.97 Å². The number of rotatable bonds is 6. The summed E-state index contributed by atoms with van der Waals surface area (Å²) in [6.45, 7) is 0. The van der Waals surface area contributed by atoms with Crippen LogP contribution in [0.3, 0.4) is 0 Å². The standard InChI is InChI=1S/C13H13N3O2S.C2HF3O2/c17-12(18)4-9-19-10-16-7-2-11(3-8-16)13-14-5-1-6-15-13;3-2(4,5)1(6)7/h1-3,5-8H,4,9-10H2;(H,6,7). The van der Waals surface area contributed by atoms with Crippen molar-refractivity contribution < 1.29 is 37.5 Å². The highest BCUT2D eigenvalue weighted by molar-refractivity contribution is 7.98. The number of hydrogen-bond donors (Lipinski definition) is 1.